The predicted octanol–water partition coefficient (Wildman–Crippen LogP) is 13.5. The number of hydrogen-bond acceptors (Lipinski definition) is 1. The average Bonchev–Trinajstić information content (AvgIpc) is 3.67. The van der Waals surface area contributed by atoms with Gasteiger partial charge in [0.25, 0.3) is 0 Å². The minimum Gasteiger partial charge on any atom is -0.311 e. The maximum Gasteiger partial charge on any atom is 0.0725 e. The molecule has 2 aliphatic rings. The Morgan fingerprint density at radius 2 is 0.731 bits per heavy atom. The molecule has 0 amide bonds. The van der Waals surface area contributed by atoms with Crippen LogP contribution in [0.2, 0.25) is 0 Å². The molecule has 0 bridgehead atoms. The van der Waals surface area contributed by atoms with Crippen LogP contribution < -0.4 is 4.90 Å². The number of benzene rings is 8. The number of para-hydroxylation sites is 2. The molecular formula is C50H36BrN. The summed E-state index contributed by atoms with van der Waals surface area (Å²) in [5.41, 5.74) is 16.9. The Bertz CT molecular complexity index is 2390. The maximum absolute atomic E-state index is 3.72. The SMILES string of the molecule is Brc1ccc2c(c1)C1(c3ccccc3-c3ccccc31)c1ccccc1-2.c1ccc(Cc2ccc(N(c3ccccc3)c3ccccc3)cc2)cc1. The summed E-state index contributed by atoms with van der Waals surface area (Å²) < 4.78 is 1.13. The van der Waals surface area contributed by atoms with Crippen LogP contribution in [0.3, 0.4) is 0 Å². The fourth-order valence-corrected chi connectivity index (χ4v) is 8.62. The zero-order valence-electron chi connectivity index (χ0n) is 28.7. The summed E-state index contributed by atoms with van der Waals surface area (Å²) in [6, 6.07) is 73.9. The lowest BCUT2D eigenvalue weighted by atomic mass is 9.70. The lowest BCUT2D eigenvalue weighted by Crippen LogP contribution is -2.25. The standard InChI is InChI=1S/C25H15Br.C25H21N/c26-16-13-14-20-19-9-3-6-12-23(19)25(24(20)15-16)21-10-4-1-7-17(21)18-8-2-5-11-22(18)25;1-4-10-21(11-5-1)20-22-16-18-25(19-17-22)26(23-12-6-2-7-13-23)24-14-8-3-9-15-24/h1-15H;1-19H,20H2. The van der Waals surface area contributed by atoms with Crippen LogP contribution in [0, 0.1) is 0 Å². The summed E-state index contributed by atoms with van der Waals surface area (Å²) in [6.07, 6.45) is 0.956. The van der Waals surface area contributed by atoms with Crippen molar-refractivity contribution in [2.75, 3.05) is 4.90 Å². The molecule has 2 heteroatoms. The second-order valence-electron chi connectivity index (χ2n) is 13.4. The number of rotatable bonds is 5. The summed E-state index contributed by atoms with van der Waals surface area (Å²) in [5, 5.41) is 0. The first-order valence-electron chi connectivity index (χ1n) is 17.8. The van der Waals surface area contributed by atoms with Gasteiger partial charge in [0, 0.05) is 21.5 Å². The molecule has 0 saturated carbocycles. The Morgan fingerprint density at radius 1 is 0.346 bits per heavy atom. The number of fused-ring (bicyclic) bond motifs is 10. The highest BCUT2D eigenvalue weighted by Gasteiger charge is 2.51. The van der Waals surface area contributed by atoms with Crippen LogP contribution in [0.5, 0.6) is 0 Å². The normalized spacial score (nSPS) is 12.6. The van der Waals surface area contributed by atoms with Gasteiger partial charge in [-0.2, -0.15) is 0 Å². The Hall–Kier alpha value is -5.96. The third-order valence-electron chi connectivity index (χ3n) is 10.4. The van der Waals surface area contributed by atoms with Gasteiger partial charge >= 0.3 is 0 Å². The molecule has 1 spiro atoms. The van der Waals surface area contributed by atoms with Gasteiger partial charge in [0.2, 0.25) is 0 Å². The third kappa shape index (κ3) is 5.48. The van der Waals surface area contributed by atoms with E-state index >= 15 is 0 Å². The van der Waals surface area contributed by atoms with E-state index < -0.39 is 0 Å². The largest absolute Gasteiger partial charge is 0.311 e. The van der Waals surface area contributed by atoms with Crippen molar-refractivity contribution in [3.63, 3.8) is 0 Å². The molecule has 0 aliphatic heterocycles. The molecule has 10 rings (SSSR count). The molecule has 8 aromatic carbocycles. The molecule has 0 N–H and O–H groups in total. The van der Waals surface area contributed by atoms with Crippen LogP contribution in [0.4, 0.5) is 17.1 Å². The molecule has 0 unspecified atom stereocenters. The van der Waals surface area contributed by atoms with Gasteiger partial charge in [-0.25, -0.2) is 0 Å². The van der Waals surface area contributed by atoms with Crippen molar-refractivity contribution in [3.8, 4) is 22.3 Å². The molecule has 8 aromatic rings. The van der Waals surface area contributed by atoms with Crippen molar-refractivity contribution < 1.29 is 0 Å². The fraction of sp³-hybridized carbons (Fsp3) is 0.0400. The van der Waals surface area contributed by atoms with E-state index in [2.05, 4.69) is 227 Å². The first-order valence-corrected chi connectivity index (χ1v) is 18.6. The summed E-state index contributed by atoms with van der Waals surface area (Å²) in [6.45, 7) is 0. The molecule has 0 atom stereocenters. The van der Waals surface area contributed by atoms with E-state index in [0.29, 0.717) is 0 Å². The molecule has 1 nitrogen and oxygen atoms in total. The van der Waals surface area contributed by atoms with Crippen molar-refractivity contribution >= 4 is 33.0 Å². The molecule has 248 valence electrons. The lowest BCUT2D eigenvalue weighted by molar-refractivity contribution is 0.793. The zero-order chi connectivity index (χ0) is 34.9. The first-order chi connectivity index (χ1) is 25.7. The van der Waals surface area contributed by atoms with E-state index in [1.165, 1.54) is 61.3 Å². The lowest BCUT2D eigenvalue weighted by Gasteiger charge is -2.30. The van der Waals surface area contributed by atoms with Gasteiger partial charge in [0.15, 0.2) is 0 Å². The van der Waals surface area contributed by atoms with Gasteiger partial charge in [-0.05, 0) is 111 Å². The monoisotopic (exact) mass is 729 g/mol. The molecule has 2 aliphatic carbocycles. The van der Waals surface area contributed by atoms with Gasteiger partial charge in [-0.3, -0.25) is 0 Å². The Kier molecular flexibility index (Phi) is 8.39. The highest BCUT2D eigenvalue weighted by Crippen LogP contribution is 2.62. The van der Waals surface area contributed by atoms with Gasteiger partial charge < -0.3 is 4.90 Å². The number of hydrogen-bond donors (Lipinski definition) is 0. The van der Waals surface area contributed by atoms with E-state index in [1.807, 2.05) is 0 Å². The van der Waals surface area contributed by atoms with Crippen molar-refractivity contribution in [2.45, 2.75) is 11.8 Å². The van der Waals surface area contributed by atoms with E-state index in [-0.39, 0.29) is 5.41 Å². The third-order valence-corrected chi connectivity index (χ3v) is 10.9. The molecule has 0 radical (unpaired) electrons. The molecule has 52 heavy (non-hydrogen) atoms. The minimum atomic E-state index is -0.219. The van der Waals surface area contributed by atoms with Gasteiger partial charge in [-0.1, -0.05) is 174 Å². The molecule has 0 heterocycles. The molecular weight excluding hydrogens is 694 g/mol. The van der Waals surface area contributed by atoms with Crippen LogP contribution in [0.15, 0.2) is 211 Å². The maximum atomic E-state index is 3.72. The van der Waals surface area contributed by atoms with E-state index in [9.17, 15) is 0 Å². The number of anilines is 3. The second-order valence-corrected chi connectivity index (χ2v) is 14.3. The summed E-state index contributed by atoms with van der Waals surface area (Å²) in [5.74, 6) is 0. The number of nitrogens with zero attached hydrogens (tertiary/aromatic N) is 1. The Labute approximate surface area is 314 Å². The van der Waals surface area contributed by atoms with Crippen molar-refractivity contribution in [2.24, 2.45) is 0 Å². The zero-order valence-corrected chi connectivity index (χ0v) is 30.2. The van der Waals surface area contributed by atoms with Crippen LogP contribution in [-0.4, -0.2) is 0 Å². The second kappa shape index (κ2) is 13.6. The van der Waals surface area contributed by atoms with Crippen LogP contribution >= 0.6 is 15.9 Å². The van der Waals surface area contributed by atoms with Crippen molar-refractivity contribution in [1.82, 2.24) is 0 Å². The topological polar surface area (TPSA) is 3.24 Å². The Morgan fingerprint density at radius 3 is 1.23 bits per heavy atom. The van der Waals surface area contributed by atoms with E-state index in [0.717, 1.165) is 22.3 Å². The molecule has 0 aromatic heterocycles. The summed E-state index contributed by atoms with van der Waals surface area (Å²) in [7, 11) is 0. The smallest absolute Gasteiger partial charge is 0.0725 e. The van der Waals surface area contributed by atoms with Crippen LogP contribution in [0.25, 0.3) is 22.3 Å². The average molecular weight is 731 g/mol. The predicted molar refractivity (Wildman–Crippen MR) is 221 cm³/mol. The van der Waals surface area contributed by atoms with Crippen LogP contribution in [-0.2, 0) is 11.8 Å². The van der Waals surface area contributed by atoms with Crippen molar-refractivity contribution in [1.29, 1.82) is 0 Å². The van der Waals surface area contributed by atoms with Crippen molar-refractivity contribution in [3.05, 3.63) is 244 Å². The highest BCUT2D eigenvalue weighted by molar-refractivity contribution is 9.10. The van der Waals surface area contributed by atoms with Gasteiger partial charge in [0.1, 0.15) is 0 Å². The summed E-state index contributed by atoms with van der Waals surface area (Å²) >= 11 is 3.72. The van der Waals surface area contributed by atoms with Crippen LogP contribution in [0.1, 0.15) is 33.4 Å². The molecule has 0 fully saturated rings. The number of halogens is 1. The molecule has 0 saturated heterocycles. The highest BCUT2D eigenvalue weighted by atomic mass is 79.9. The fourth-order valence-electron chi connectivity index (χ4n) is 8.26. The minimum absolute atomic E-state index is 0.219. The van der Waals surface area contributed by atoms with E-state index in [4.69, 9.17) is 0 Å². The van der Waals surface area contributed by atoms with E-state index in [1.54, 1.807) is 0 Å². The quantitative estimate of drug-likeness (QED) is 0.170. The van der Waals surface area contributed by atoms with Gasteiger partial charge in [0.05, 0.1) is 5.41 Å². The first kappa shape index (κ1) is 32.0. The summed E-state index contributed by atoms with van der Waals surface area (Å²) in [4.78, 5) is 2.28. The van der Waals surface area contributed by atoms with Gasteiger partial charge in [-0.15, -0.1) is 0 Å². The Balaban J connectivity index is 0.000000138.